The van der Waals surface area contributed by atoms with Crippen molar-refractivity contribution in [2.45, 2.75) is 48.5 Å². The van der Waals surface area contributed by atoms with Crippen LogP contribution in [0.15, 0.2) is 24.3 Å². The SMILES string of the molecule is CC.CC.CC.Cc1[nH]nc2ccccc12. The minimum atomic E-state index is 1.04. The van der Waals surface area contributed by atoms with Crippen molar-refractivity contribution < 1.29 is 0 Å². The van der Waals surface area contributed by atoms with Crippen LogP contribution in [0.1, 0.15) is 47.2 Å². The molecule has 0 fully saturated rings. The summed E-state index contributed by atoms with van der Waals surface area (Å²) in [6.07, 6.45) is 0. The van der Waals surface area contributed by atoms with Gasteiger partial charge in [0.05, 0.1) is 5.52 Å². The van der Waals surface area contributed by atoms with E-state index in [2.05, 4.69) is 16.3 Å². The lowest BCUT2D eigenvalue weighted by atomic mass is 10.2. The van der Waals surface area contributed by atoms with Crippen LogP contribution in [0.5, 0.6) is 0 Å². The molecule has 0 aliphatic rings. The summed E-state index contributed by atoms with van der Waals surface area (Å²) in [5, 5.41) is 8.23. The summed E-state index contributed by atoms with van der Waals surface area (Å²) in [5.74, 6) is 0. The molecule has 0 aliphatic heterocycles. The predicted molar refractivity (Wildman–Crippen MR) is 74.9 cm³/mol. The Bertz CT molecular complexity index is 350. The van der Waals surface area contributed by atoms with Gasteiger partial charge in [-0.25, -0.2) is 0 Å². The van der Waals surface area contributed by atoms with Gasteiger partial charge in [-0.15, -0.1) is 0 Å². The Labute approximate surface area is 100 Å². The van der Waals surface area contributed by atoms with Crippen LogP contribution in [0.3, 0.4) is 0 Å². The van der Waals surface area contributed by atoms with Crippen molar-refractivity contribution in [1.29, 1.82) is 0 Å². The maximum atomic E-state index is 4.09. The Kier molecular flexibility index (Phi) is 12.6. The highest BCUT2D eigenvalue weighted by molar-refractivity contribution is 5.80. The Balaban J connectivity index is 0. The van der Waals surface area contributed by atoms with Gasteiger partial charge in [0.2, 0.25) is 0 Å². The second kappa shape index (κ2) is 11.8. The first kappa shape index (κ1) is 17.1. The van der Waals surface area contributed by atoms with Gasteiger partial charge in [0, 0.05) is 11.1 Å². The van der Waals surface area contributed by atoms with Gasteiger partial charge in [-0.3, -0.25) is 5.10 Å². The number of aromatic nitrogens is 2. The van der Waals surface area contributed by atoms with Gasteiger partial charge < -0.3 is 0 Å². The molecule has 1 N–H and O–H groups in total. The Morgan fingerprint density at radius 1 is 0.875 bits per heavy atom. The first-order valence-electron chi connectivity index (χ1n) is 6.27. The van der Waals surface area contributed by atoms with Gasteiger partial charge in [-0.1, -0.05) is 59.7 Å². The van der Waals surface area contributed by atoms with Crippen molar-refractivity contribution in [3.05, 3.63) is 30.0 Å². The number of hydrogen-bond donors (Lipinski definition) is 1. The van der Waals surface area contributed by atoms with Crippen molar-refractivity contribution in [3.8, 4) is 0 Å². The fourth-order valence-electron chi connectivity index (χ4n) is 1.09. The minimum Gasteiger partial charge on any atom is -0.282 e. The van der Waals surface area contributed by atoms with Crippen LogP contribution in [-0.2, 0) is 0 Å². The van der Waals surface area contributed by atoms with Gasteiger partial charge in [-0.2, -0.15) is 5.10 Å². The minimum absolute atomic E-state index is 1.04. The van der Waals surface area contributed by atoms with E-state index in [0.717, 1.165) is 11.2 Å². The number of aryl methyl sites for hydroxylation is 1. The molecule has 2 nitrogen and oxygen atoms in total. The van der Waals surface area contributed by atoms with E-state index in [0.29, 0.717) is 0 Å². The average Bonchev–Trinajstić information content (AvgIpc) is 2.79. The first-order valence-corrected chi connectivity index (χ1v) is 6.27. The molecular weight excluding hydrogens is 196 g/mol. The van der Waals surface area contributed by atoms with Crippen LogP contribution >= 0.6 is 0 Å². The van der Waals surface area contributed by atoms with Gasteiger partial charge in [0.1, 0.15) is 0 Å². The number of rotatable bonds is 0. The van der Waals surface area contributed by atoms with Crippen LogP contribution < -0.4 is 0 Å². The zero-order valence-electron chi connectivity index (χ0n) is 11.8. The van der Waals surface area contributed by atoms with Crippen LogP contribution in [0, 0.1) is 6.92 Å². The standard InChI is InChI=1S/C8H8N2.3C2H6/c1-6-7-4-2-3-5-8(7)10-9-6;3*1-2/h2-5H,1H3,(H,9,10);3*1-2H3. The summed E-state index contributed by atoms with van der Waals surface area (Å²) in [7, 11) is 0. The molecule has 0 unspecified atom stereocenters. The lowest BCUT2D eigenvalue weighted by molar-refractivity contribution is 1.07. The molecule has 0 saturated heterocycles. The topological polar surface area (TPSA) is 28.7 Å². The van der Waals surface area contributed by atoms with Crippen LogP contribution in [0.2, 0.25) is 0 Å². The highest BCUT2D eigenvalue weighted by atomic mass is 15.1. The zero-order chi connectivity index (χ0) is 13.0. The van der Waals surface area contributed by atoms with E-state index in [1.807, 2.05) is 66.7 Å². The molecule has 0 atom stereocenters. The molecule has 1 heterocycles. The number of fused-ring (bicyclic) bond motifs is 1. The third-order valence-electron chi connectivity index (χ3n) is 1.65. The molecule has 2 heteroatoms. The van der Waals surface area contributed by atoms with Crippen molar-refractivity contribution in [3.63, 3.8) is 0 Å². The summed E-state index contributed by atoms with van der Waals surface area (Å²) in [5.41, 5.74) is 2.18. The highest BCUT2D eigenvalue weighted by Gasteiger charge is 1.96. The van der Waals surface area contributed by atoms with E-state index < -0.39 is 0 Å². The first-order chi connectivity index (χ1) is 7.88. The van der Waals surface area contributed by atoms with E-state index in [1.54, 1.807) is 0 Å². The third kappa shape index (κ3) is 4.96. The van der Waals surface area contributed by atoms with Crippen LogP contribution in [0.4, 0.5) is 0 Å². The number of hydrogen-bond acceptors (Lipinski definition) is 1. The summed E-state index contributed by atoms with van der Waals surface area (Å²) >= 11 is 0. The van der Waals surface area contributed by atoms with Crippen molar-refractivity contribution >= 4 is 10.9 Å². The fraction of sp³-hybridized carbons (Fsp3) is 0.500. The third-order valence-corrected chi connectivity index (χ3v) is 1.65. The lowest BCUT2D eigenvalue weighted by Gasteiger charge is -1.84. The Morgan fingerprint density at radius 3 is 1.88 bits per heavy atom. The zero-order valence-corrected chi connectivity index (χ0v) is 11.8. The molecule has 0 spiro atoms. The number of benzene rings is 1. The van der Waals surface area contributed by atoms with Crippen molar-refractivity contribution in [2.24, 2.45) is 0 Å². The Morgan fingerprint density at radius 2 is 1.38 bits per heavy atom. The molecule has 0 bridgehead atoms. The second-order valence-electron chi connectivity index (χ2n) is 2.37. The fourth-order valence-corrected chi connectivity index (χ4v) is 1.09. The van der Waals surface area contributed by atoms with E-state index in [1.165, 1.54) is 5.39 Å². The molecule has 0 saturated carbocycles. The smallest absolute Gasteiger partial charge is 0.0923 e. The van der Waals surface area contributed by atoms with Crippen LogP contribution in [0.25, 0.3) is 10.9 Å². The molecule has 1 aromatic heterocycles. The molecular formula is C14H26N2. The normalized spacial score (nSPS) is 7.69. The quantitative estimate of drug-likeness (QED) is 0.671. The molecule has 2 rings (SSSR count). The van der Waals surface area contributed by atoms with Gasteiger partial charge >= 0.3 is 0 Å². The second-order valence-corrected chi connectivity index (χ2v) is 2.37. The molecule has 16 heavy (non-hydrogen) atoms. The summed E-state index contributed by atoms with van der Waals surface area (Å²) in [6.45, 7) is 14.0. The molecule has 92 valence electrons. The highest BCUT2D eigenvalue weighted by Crippen LogP contribution is 2.12. The number of H-pyrrole nitrogens is 1. The average molecular weight is 222 g/mol. The predicted octanol–water partition coefficient (Wildman–Crippen LogP) is 4.95. The van der Waals surface area contributed by atoms with Gasteiger partial charge in [0.25, 0.3) is 0 Å². The maximum absolute atomic E-state index is 4.09. The molecule has 0 aliphatic carbocycles. The molecule has 0 amide bonds. The van der Waals surface area contributed by atoms with E-state index in [9.17, 15) is 0 Å². The van der Waals surface area contributed by atoms with E-state index in [4.69, 9.17) is 0 Å². The van der Waals surface area contributed by atoms with Crippen molar-refractivity contribution in [2.75, 3.05) is 0 Å². The molecule has 0 radical (unpaired) electrons. The van der Waals surface area contributed by atoms with E-state index in [-0.39, 0.29) is 0 Å². The number of para-hydroxylation sites is 1. The van der Waals surface area contributed by atoms with Gasteiger partial charge in [-0.05, 0) is 13.0 Å². The summed E-state index contributed by atoms with van der Waals surface area (Å²) in [6, 6.07) is 8.07. The largest absolute Gasteiger partial charge is 0.282 e. The van der Waals surface area contributed by atoms with Gasteiger partial charge in [0.15, 0.2) is 0 Å². The Hall–Kier alpha value is -1.31. The van der Waals surface area contributed by atoms with E-state index >= 15 is 0 Å². The van der Waals surface area contributed by atoms with Crippen molar-refractivity contribution in [1.82, 2.24) is 10.2 Å². The van der Waals surface area contributed by atoms with Crippen LogP contribution in [-0.4, -0.2) is 10.2 Å². The molecule has 2 aromatic rings. The monoisotopic (exact) mass is 222 g/mol. The summed E-state index contributed by atoms with van der Waals surface area (Å²) in [4.78, 5) is 0. The number of nitrogens with zero attached hydrogens (tertiary/aromatic N) is 1. The maximum Gasteiger partial charge on any atom is 0.0923 e. The summed E-state index contributed by atoms with van der Waals surface area (Å²) < 4.78 is 0. The number of nitrogens with one attached hydrogen (secondary N) is 1. The number of aromatic amines is 1. The molecule has 1 aromatic carbocycles. The lowest BCUT2D eigenvalue weighted by Crippen LogP contribution is -1.67.